The molecule has 2 aromatic carbocycles. The summed E-state index contributed by atoms with van der Waals surface area (Å²) >= 11 is 6.79. The lowest BCUT2D eigenvalue weighted by Crippen LogP contribution is -2.40. The fourth-order valence-electron chi connectivity index (χ4n) is 5.31. The number of ether oxygens (including phenoxy) is 1. The number of benzene rings is 2. The molecule has 2 unspecified atom stereocenters. The number of anilines is 2. The standard InChI is InChI=1S/C30H38ClN5O3/c1-6-36(33)24-12-11-23(26(31)27(24)32)25(19(3)29(37)38)20-10-9-18(2)22(14-20)16-35-15-21-8-7-13-34-28(21)39-30(4,5)17-35/h7-14,19,25H,6,15-17,32-33H2,1-5H3,(H,37,38). The molecule has 0 bridgehead atoms. The van der Waals surface area contributed by atoms with Gasteiger partial charge in [0.2, 0.25) is 5.88 Å². The molecule has 0 aliphatic carbocycles. The van der Waals surface area contributed by atoms with Crippen LogP contribution in [-0.2, 0) is 17.9 Å². The fourth-order valence-corrected chi connectivity index (χ4v) is 5.59. The third kappa shape index (κ3) is 6.13. The molecule has 9 heteroatoms. The number of rotatable bonds is 8. The van der Waals surface area contributed by atoms with E-state index in [1.165, 1.54) is 5.01 Å². The number of nitrogen functional groups attached to an aromatic ring is 1. The summed E-state index contributed by atoms with van der Waals surface area (Å²) in [6.07, 6.45) is 1.75. The molecule has 3 aromatic rings. The van der Waals surface area contributed by atoms with Crippen LogP contribution in [0.2, 0.25) is 5.02 Å². The van der Waals surface area contributed by atoms with Crippen molar-refractivity contribution in [3.8, 4) is 5.88 Å². The Morgan fingerprint density at radius 2 is 2.03 bits per heavy atom. The SMILES string of the molecule is CCN(N)c1ccc(C(c2ccc(C)c(CN3Cc4cccnc4OC(C)(C)C3)c2)C(C)C(=O)O)c(Cl)c1N. The maximum atomic E-state index is 12.3. The van der Waals surface area contributed by atoms with Gasteiger partial charge in [-0.2, -0.15) is 0 Å². The Kier molecular flexibility index (Phi) is 8.39. The van der Waals surface area contributed by atoms with Crippen molar-refractivity contribution in [2.24, 2.45) is 11.8 Å². The predicted octanol–water partition coefficient (Wildman–Crippen LogP) is 5.35. The molecule has 2 heterocycles. The molecule has 2 atom stereocenters. The minimum absolute atomic E-state index is 0.326. The molecular weight excluding hydrogens is 514 g/mol. The third-order valence-electron chi connectivity index (χ3n) is 7.41. The van der Waals surface area contributed by atoms with E-state index < -0.39 is 23.4 Å². The summed E-state index contributed by atoms with van der Waals surface area (Å²) in [7, 11) is 0. The molecule has 4 rings (SSSR count). The first-order valence-corrected chi connectivity index (χ1v) is 13.6. The van der Waals surface area contributed by atoms with Gasteiger partial charge < -0.3 is 20.6 Å². The van der Waals surface area contributed by atoms with E-state index in [4.69, 9.17) is 27.9 Å². The number of aliphatic carboxylic acids is 1. The van der Waals surface area contributed by atoms with Gasteiger partial charge in [-0.15, -0.1) is 0 Å². The summed E-state index contributed by atoms with van der Waals surface area (Å²) in [6, 6.07) is 13.7. The topological polar surface area (TPSA) is 118 Å². The lowest BCUT2D eigenvalue weighted by atomic mass is 9.80. The second kappa shape index (κ2) is 11.4. The highest BCUT2D eigenvalue weighted by Gasteiger charge is 2.32. The number of nitrogens with two attached hydrogens (primary N) is 2. The minimum Gasteiger partial charge on any atom is -0.481 e. The number of hydrogen-bond donors (Lipinski definition) is 3. The number of carboxylic acids is 1. The number of fused-ring (bicyclic) bond motifs is 1. The van der Waals surface area contributed by atoms with Crippen molar-refractivity contribution < 1.29 is 14.6 Å². The van der Waals surface area contributed by atoms with Crippen molar-refractivity contribution in [2.45, 2.75) is 59.2 Å². The van der Waals surface area contributed by atoms with Crippen LogP contribution in [-0.4, -0.2) is 39.7 Å². The highest BCUT2D eigenvalue weighted by Crippen LogP contribution is 2.42. The van der Waals surface area contributed by atoms with Gasteiger partial charge in [-0.25, -0.2) is 10.8 Å². The highest BCUT2D eigenvalue weighted by atomic mass is 35.5. The van der Waals surface area contributed by atoms with Crippen molar-refractivity contribution in [2.75, 3.05) is 23.8 Å². The Balaban J connectivity index is 1.74. The van der Waals surface area contributed by atoms with E-state index in [0.29, 0.717) is 54.0 Å². The second-order valence-electron chi connectivity index (χ2n) is 11.0. The van der Waals surface area contributed by atoms with Crippen LogP contribution in [0.4, 0.5) is 11.4 Å². The lowest BCUT2D eigenvalue weighted by molar-refractivity contribution is -0.141. The van der Waals surface area contributed by atoms with Gasteiger partial charge in [0.1, 0.15) is 5.60 Å². The van der Waals surface area contributed by atoms with Crippen LogP contribution in [0.25, 0.3) is 0 Å². The van der Waals surface area contributed by atoms with E-state index in [1.54, 1.807) is 13.1 Å². The molecule has 1 aromatic heterocycles. The summed E-state index contributed by atoms with van der Waals surface area (Å²) in [4.78, 5) is 19.1. The zero-order valence-corrected chi connectivity index (χ0v) is 24.0. The van der Waals surface area contributed by atoms with E-state index in [1.807, 2.05) is 43.3 Å². The van der Waals surface area contributed by atoms with E-state index in [9.17, 15) is 9.90 Å². The Morgan fingerprint density at radius 1 is 1.28 bits per heavy atom. The van der Waals surface area contributed by atoms with Gasteiger partial charge in [0.25, 0.3) is 0 Å². The lowest BCUT2D eigenvalue weighted by Gasteiger charge is -2.30. The number of hydrazine groups is 1. The maximum Gasteiger partial charge on any atom is 0.307 e. The molecule has 0 saturated heterocycles. The van der Waals surface area contributed by atoms with Gasteiger partial charge in [-0.1, -0.05) is 48.9 Å². The average Bonchev–Trinajstić information content (AvgIpc) is 3.01. The maximum absolute atomic E-state index is 12.3. The molecule has 39 heavy (non-hydrogen) atoms. The van der Waals surface area contributed by atoms with Crippen molar-refractivity contribution in [1.29, 1.82) is 0 Å². The number of carbonyl (C=O) groups is 1. The van der Waals surface area contributed by atoms with Gasteiger partial charge in [-0.05, 0) is 62.1 Å². The van der Waals surface area contributed by atoms with Crippen LogP contribution in [0.1, 0.15) is 61.4 Å². The van der Waals surface area contributed by atoms with Gasteiger partial charge in [0.15, 0.2) is 0 Å². The summed E-state index contributed by atoms with van der Waals surface area (Å²) in [6.45, 7) is 12.4. The molecule has 0 spiro atoms. The molecule has 1 aliphatic heterocycles. The Labute approximate surface area is 235 Å². The number of halogens is 1. The minimum atomic E-state index is -0.912. The Bertz CT molecular complexity index is 1360. The van der Waals surface area contributed by atoms with Crippen LogP contribution >= 0.6 is 11.6 Å². The number of aryl methyl sites for hydroxylation is 1. The zero-order valence-electron chi connectivity index (χ0n) is 23.2. The van der Waals surface area contributed by atoms with Crippen molar-refractivity contribution >= 4 is 28.9 Å². The molecule has 0 radical (unpaired) electrons. The van der Waals surface area contributed by atoms with Crippen LogP contribution < -0.4 is 21.3 Å². The fraction of sp³-hybridized carbons (Fsp3) is 0.400. The van der Waals surface area contributed by atoms with Crippen LogP contribution in [0.15, 0.2) is 48.7 Å². The monoisotopic (exact) mass is 551 g/mol. The molecule has 0 amide bonds. The van der Waals surface area contributed by atoms with E-state index in [0.717, 1.165) is 22.3 Å². The number of carboxylic acid groups (broad SMARTS) is 1. The molecule has 5 N–H and O–H groups in total. The van der Waals surface area contributed by atoms with E-state index in [2.05, 4.69) is 36.7 Å². The molecular formula is C30H38ClN5O3. The molecule has 0 fully saturated rings. The largest absolute Gasteiger partial charge is 0.481 e. The summed E-state index contributed by atoms with van der Waals surface area (Å²) in [5.41, 5.74) is 11.7. The van der Waals surface area contributed by atoms with Gasteiger partial charge >= 0.3 is 5.97 Å². The first-order valence-electron chi connectivity index (χ1n) is 13.2. The van der Waals surface area contributed by atoms with Gasteiger partial charge in [0.05, 0.1) is 22.3 Å². The number of nitrogens with zero attached hydrogens (tertiary/aromatic N) is 3. The Morgan fingerprint density at radius 3 is 2.72 bits per heavy atom. The summed E-state index contributed by atoms with van der Waals surface area (Å²) in [5.74, 6) is 4.58. The van der Waals surface area contributed by atoms with Crippen molar-refractivity contribution in [1.82, 2.24) is 9.88 Å². The molecule has 208 valence electrons. The summed E-state index contributed by atoms with van der Waals surface area (Å²) < 4.78 is 6.22. The van der Waals surface area contributed by atoms with E-state index in [-0.39, 0.29) is 0 Å². The first kappa shape index (κ1) is 28.7. The Hall–Kier alpha value is -3.33. The van der Waals surface area contributed by atoms with Crippen LogP contribution in [0.5, 0.6) is 5.88 Å². The normalized spacial score (nSPS) is 16.5. The third-order valence-corrected chi connectivity index (χ3v) is 7.83. The number of aromatic nitrogens is 1. The smallest absolute Gasteiger partial charge is 0.307 e. The van der Waals surface area contributed by atoms with Crippen LogP contribution in [0, 0.1) is 12.8 Å². The average molecular weight is 552 g/mol. The van der Waals surface area contributed by atoms with Gasteiger partial charge in [0, 0.05) is 43.9 Å². The zero-order chi connectivity index (χ0) is 28.5. The van der Waals surface area contributed by atoms with E-state index >= 15 is 0 Å². The van der Waals surface area contributed by atoms with Gasteiger partial charge in [-0.3, -0.25) is 9.69 Å². The van der Waals surface area contributed by atoms with Crippen molar-refractivity contribution in [3.05, 3.63) is 81.5 Å². The molecule has 1 aliphatic rings. The molecule has 8 nitrogen and oxygen atoms in total. The number of pyridine rings is 1. The first-order chi connectivity index (χ1) is 18.4. The summed E-state index contributed by atoms with van der Waals surface area (Å²) in [5, 5.41) is 11.9. The predicted molar refractivity (Wildman–Crippen MR) is 156 cm³/mol. The highest BCUT2D eigenvalue weighted by molar-refractivity contribution is 6.34. The molecule has 0 saturated carbocycles. The van der Waals surface area contributed by atoms with Crippen LogP contribution in [0.3, 0.4) is 0 Å². The number of hydrogen-bond acceptors (Lipinski definition) is 7. The second-order valence-corrected chi connectivity index (χ2v) is 11.3. The quantitative estimate of drug-likeness (QED) is 0.195. The van der Waals surface area contributed by atoms with Crippen molar-refractivity contribution in [3.63, 3.8) is 0 Å².